The van der Waals surface area contributed by atoms with Gasteiger partial charge in [0.15, 0.2) is 0 Å². The third-order valence-electron chi connectivity index (χ3n) is 6.05. The van der Waals surface area contributed by atoms with Gasteiger partial charge in [0.2, 0.25) is 5.91 Å². The monoisotopic (exact) mass is 391 g/mol. The Morgan fingerprint density at radius 2 is 2.00 bits per heavy atom. The van der Waals surface area contributed by atoms with E-state index in [-0.39, 0.29) is 11.9 Å². The molecule has 3 amide bonds. The molecule has 1 fully saturated rings. The smallest absolute Gasteiger partial charge is 0.327 e. The Labute approximate surface area is 169 Å². The summed E-state index contributed by atoms with van der Waals surface area (Å²) in [4.78, 5) is 36.4. The number of nitrogens with zero attached hydrogens (tertiary/aromatic N) is 4. The zero-order chi connectivity index (χ0) is 19.8. The number of nitrogens with one attached hydrogen (secondary N) is 1. The number of aryl methyl sites for hydroxylation is 1. The molecule has 0 radical (unpaired) electrons. The quantitative estimate of drug-likeness (QED) is 0.726. The van der Waals surface area contributed by atoms with Crippen molar-refractivity contribution in [2.45, 2.75) is 45.2 Å². The van der Waals surface area contributed by atoms with Gasteiger partial charge in [-0.15, -0.1) is 0 Å². The fraction of sp³-hybridized carbons (Fsp3) is 0.409. The first-order valence-corrected chi connectivity index (χ1v) is 10.4. The van der Waals surface area contributed by atoms with Crippen LogP contribution in [0.2, 0.25) is 0 Å². The van der Waals surface area contributed by atoms with Crippen LogP contribution in [0.5, 0.6) is 0 Å². The second kappa shape index (κ2) is 7.39. The summed E-state index contributed by atoms with van der Waals surface area (Å²) >= 11 is 0. The number of urea groups is 1. The van der Waals surface area contributed by atoms with Crippen molar-refractivity contribution in [1.82, 2.24) is 24.3 Å². The van der Waals surface area contributed by atoms with E-state index in [1.807, 2.05) is 30.6 Å². The van der Waals surface area contributed by atoms with E-state index in [1.165, 1.54) is 11.3 Å². The molecule has 1 saturated heterocycles. The van der Waals surface area contributed by atoms with Gasteiger partial charge in [0.1, 0.15) is 5.82 Å². The topological polar surface area (TPSA) is 74.2 Å². The molecular formula is C22H25N5O2. The lowest BCUT2D eigenvalue weighted by Crippen LogP contribution is -2.52. The van der Waals surface area contributed by atoms with Crippen molar-refractivity contribution in [3.63, 3.8) is 0 Å². The van der Waals surface area contributed by atoms with Crippen LogP contribution in [-0.4, -0.2) is 49.4 Å². The van der Waals surface area contributed by atoms with Crippen molar-refractivity contribution in [3.05, 3.63) is 53.7 Å². The summed E-state index contributed by atoms with van der Waals surface area (Å²) in [6.45, 7) is 2.38. The molecule has 4 heterocycles. The van der Waals surface area contributed by atoms with E-state index >= 15 is 0 Å². The molecule has 3 aromatic rings. The Balaban J connectivity index is 1.27. The number of hydrogen-bond donors (Lipinski definition) is 1. The summed E-state index contributed by atoms with van der Waals surface area (Å²) in [6.07, 6.45) is 8.18. The molecule has 2 aliphatic heterocycles. The highest BCUT2D eigenvalue weighted by Gasteiger charge is 2.32. The van der Waals surface area contributed by atoms with E-state index in [2.05, 4.69) is 20.6 Å². The highest BCUT2D eigenvalue weighted by molar-refractivity contribution is 5.96. The minimum absolute atomic E-state index is 0.0794. The van der Waals surface area contributed by atoms with Crippen LogP contribution >= 0.6 is 0 Å². The molecule has 2 aromatic heterocycles. The largest absolute Gasteiger partial charge is 0.361 e. The normalized spacial score (nSPS) is 17.2. The summed E-state index contributed by atoms with van der Waals surface area (Å²) < 4.78 is 2.24. The number of imidazole rings is 1. The molecule has 2 aliphatic rings. The summed E-state index contributed by atoms with van der Waals surface area (Å²) in [5, 5.41) is 1.14. The third-order valence-corrected chi connectivity index (χ3v) is 6.05. The lowest BCUT2D eigenvalue weighted by molar-refractivity contribution is -0.131. The number of fused-ring (bicyclic) bond motifs is 2. The predicted molar refractivity (Wildman–Crippen MR) is 109 cm³/mol. The molecule has 0 aliphatic carbocycles. The Hall–Kier alpha value is -3.09. The van der Waals surface area contributed by atoms with Crippen molar-refractivity contribution in [2.24, 2.45) is 0 Å². The third kappa shape index (κ3) is 3.41. The average molecular weight is 391 g/mol. The molecule has 0 bridgehead atoms. The Kier molecular flexibility index (Phi) is 4.58. The number of benzene rings is 1. The molecule has 150 valence electrons. The van der Waals surface area contributed by atoms with Gasteiger partial charge in [0.25, 0.3) is 0 Å². The fourth-order valence-electron chi connectivity index (χ4n) is 4.41. The second-order valence-electron chi connectivity index (χ2n) is 7.92. The molecule has 1 N–H and O–H groups in total. The van der Waals surface area contributed by atoms with E-state index in [9.17, 15) is 9.59 Å². The first kappa shape index (κ1) is 18.0. The Morgan fingerprint density at radius 1 is 1.07 bits per heavy atom. The summed E-state index contributed by atoms with van der Waals surface area (Å²) in [5.74, 6) is 1.04. The van der Waals surface area contributed by atoms with Crippen molar-refractivity contribution >= 4 is 22.8 Å². The van der Waals surface area contributed by atoms with Crippen LogP contribution in [0.4, 0.5) is 4.79 Å². The minimum atomic E-state index is -0.185. The Bertz CT molecular complexity index is 1070. The summed E-state index contributed by atoms with van der Waals surface area (Å²) in [6, 6.07) is 8.05. The number of aromatic amines is 1. The fourth-order valence-corrected chi connectivity index (χ4v) is 4.41. The van der Waals surface area contributed by atoms with Crippen LogP contribution in [0, 0.1) is 0 Å². The number of carbonyl (C=O) groups excluding carboxylic acids is 2. The second-order valence-corrected chi connectivity index (χ2v) is 7.92. The molecule has 1 aromatic carbocycles. The molecule has 7 heteroatoms. The molecule has 0 atom stereocenters. The lowest BCUT2D eigenvalue weighted by atomic mass is 10.1. The van der Waals surface area contributed by atoms with Crippen LogP contribution < -0.4 is 0 Å². The first-order chi connectivity index (χ1) is 14.2. The number of hydrogen-bond acceptors (Lipinski definition) is 3. The van der Waals surface area contributed by atoms with Gasteiger partial charge >= 0.3 is 6.03 Å². The molecule has 7 nitrogen and oxygen atoms in total. The van der Waals surface area contributed by atoms with Gasteiger partial charge in [-0.05, 0) is 48.4 Å². The lowest BCUT2D eigenvalue weighted by Gasteiger charge is -2.34. The zero-order valence-electron chi connectivity index (χ0n) is 16.4. The number of amides is 3. The van der Waals surface area contributed by atoms with Crippen molar-refractivity contribution in [2.75, 3.05) is 13.1 Å². The van der Waals surface area contributed by atoms with Crippen LogP contribution in [0.15, 0.2) is 36.7 Å². The van der Waals surface area contributed by atoms with Crippen molar-refractivity contribution in [1.29, 1.82) is 0 Å². The number of aromatic nitrogens is 3. The molecule has 0 saturated carbocycles. The van der Waals surface area contributed by atoms with Gasteiger partial charge in [-0.2, -0.15) is 0 Å². The van der Waals surface area contributed by atoms with E-state index in [0.717, 1.165) is 47.4 Å². The number of H-pyrrole nitrogens is 1. The van der Waals surface area contributed by atoms with Crippen LogP contribution in [-0.2, 0) is 30.7 Å². The van der Waals surface area contributed by atoms with Gasteiger partial charge in [-0.25, -0.2) is 9.78 Å². The number of rotatable bonds is 5. The van der Waals surface area contributed by atoms with Gasteiger partial charge in [0.05, 0.1) is 18.4 Å². The maximum Gasteiger partial charge on any atom is 0.327 e. The zero-order valence-corrected chi connectivity index (χ0v) is 16.4. The predicted octanol–water partition coefficient (Wildman–Crippen LogP) is 3.10. The van der Waals surface area contributed by atoms with E-state index in [1.54, 1.807) is 4.90 Å². The minimum Gasteiger partial charge on any atom is -0.361 e. The first-order valence-electron chi connectivity index (χ1n) is 10.4. The van der Waals surface area contributed by atoms with Crippen LogP contribution in [0.1, 0.15) is 36.3 Å². The molecule has 5 rings (SSSR count). The van der Waals surface area contributed by atoms with Gasteiger partial charge in [0, 0.05) is 44.2 Å². The number of carbonyl (C=O) groups is 2. The molecular weight excluding hydrogens is 366 g/mol. The average Bonchev–Trinajstić information content (AvgIpc) is 3.37. The maximum atomic E-state index is 13.0. The van der Waals surface area contributed by atoms with Crippen molar-refractivity contribution in [3.8, 4) is 0 Å². The van der Waals surface area contributed by atoms with Crippen LogP contribution in [0.25, 0.3) is 10.9 Å². The molecule has 0 spiro atoms. The van der Waals surface area contributed by atoms with Gasteiger partial charge in [-0.1, -0.05) is 6.07 Å². The van der Waals surface area contributed by atoms with E-state index in [4.69, 9.17) is 0 Å². The van der Waals surface area contributed by atoms with Gasteiger partial charge < -0.3 is 14.5 Å². The van der Waals surface area contributed by atoms with E-state index < -0.39 is 0 Å². The molecule has 0 unspecified atom stereocenters. The SMILES string of the molecule is O=C1CCN(Cc2cnc3n2CCCC3)C(=O)N1CCc1ccc2[nH]ccc2c1. The van der Waals surface area contributed by atoms with Crippen molar-refractivity contribution < 1.29 is 9.59 Å². The molecule has 29 heavy (non-hydrogen) atoms. The van der Waals surface area contributed by atoms with Gasteiger partial charge in [-0.3, -0.25) is 9.69 Å². The van der Waals surface area contributed by atoms with Crippen LogP contribution in [0.3, 0.4) is 0 Å². The van der Waals surface area contributed by atoms with E-state index in [0.29, 0.717) is 32.5 Å². The summed E-state index contributed by atoms with van der Waals surface area (Å²) in [5.41, 5.74) is 3.29. The standard InChI is InChI=1S/C22H25N5O2/c28-21-8-11-25(15-18-14-24-20-3-1-2-10-26(18)20)22(29)27(21)12-7-16-4-5-19-17(13-16)6-9-23-19/h4-6,9,13-14,23H,1-3,7-8,10-12,15H2. The number of imide groups is 1. The Morgan fingerprint density at radius 3 is 2.93 bits per heavy atom. The highest BCUT2D eigenvalue weighted by atomic mass is 16.2. The summed E-state index contributed by atoms with van der Waals surface area (Å²) in [7, 11) is 0. The maximum absolute atomic E-state index is 13.0. The highest BCUT2D eigenvalue weighted by Crippen LogP contribution is 2.21.